The standard InChI is InChI=1S/C12H12ClN3O3S/c1-7(11-15-10(16-19-11)8-4-5-8)20(17,18)12-9(13)3-2-6-14-12/h2-3,6-8H,4-5H2,1H3. The minimum absolute atomic E-state index is 0.0774. The molecule has 6 nitrogen and oxygen atoms in total. The highest BCUT2D eigenvalue weighted by Crippen LogP contribution is 2.39. The second-order valence-electron chi connectivity index (χ2n) is 4.74. The molecule has 1 aliphatic carbocycles. The van der Waals surface area contributed by atoms with Crippen LogP contribution in [0.5, 0.6) is 0 Å². The van der Waals surface area contributed by atoms with E-state index >= 15 is 0 Å². The average Bonchev–Trinajstić information content (AvgIpc) is 3.16. The SMILES string of the molecule is CC(c1nc(C2CC2)no1)S(=O)(=O)c1ncccc1Cl. The molecule has 3 rings (SSSR count). The molecule has 2 aromatic heterocycles. The summed E-state index contributed by atoms with van der Waals surface area (Å²) in [6, 6.07) is 3.06. The summed E-state index contributed by atoms with van der Waals surface area (Å²) in [6.45, 7) is 1.49. The molecule has 0 bridgehead atoms. The Morgan fingerprint density at radius 3 is 2.85 bits per heavy atom. The van der Waals surface area contributed by atoms with Crippen LogP contribution in [0.25, 0.3) is 0 Å². The zero-order valence-electron chi connectivity index (χ0n) is 10.7. The molecule has 0 aromatic carbocycles. The summed E-state index contributed by atoms with van der Waals surface area (Å²) in [5.41, 5.74) is 0. The average molecular weight is 314 g/mol. The lowest BCUT2D eigenvalue weighted by molar-refractivity contribution is 0.371. The van der Waals surface area contributed by atoms with Crippen LogP contribution in [0.3, 0.4) is 0 Å². The smallest absolute Gasteiger partial charge is 0.245 e. The van der Waals surface area contributed by atoms with Gasteiger partial charge in [0.15, 0.2) is 10.9 Å². The highest BCUT2D eigenvalue weighted by molar-refractivity contribution is 7.91. The number of aromatic nitrogens is 3. The van der Waals surface area contributed by atoms with Crippen molar-refractivity contribution in [2.45, 2.75) is 36.0 Å². The van der Waals surface area contributed by atoms with E-state index in [1.165, 1.54) is 19.2 Å². The van der Waals surface area contributed by atoms with Crippen LogP contribution in [0.4, 0.5) is 0 Å². The zero-order valence-corrected chi connectivity index (χ0v) is 12.2. The molecule has 1 atom stereocenters. The van der Waals surface area contributed by atoms with E-state index in [0.717, 1.165) is 12.8 Å². The van der Waals surface area contributed by atoms with Crippen LogP contribution in [-0.2, 0) is 9.84 Å². The van der Waals surface area contributed by atoms with E-state index in [1.807, 2.05) is 0 Å². The Kier molecular flexibility index (Phi) is 3.25. The predicted molar refractivity (Wildman–Crippen MR) is 71.1 cm³/mol. The van der Waals surface area contributed by atoms with Crippen LogP contribution in [0.1, 0.15) is 42.6 Å². The first kappa shape index (κ1) is 13.5. The first-order chi connectivity index (χ1) is 9.50. The van der Waals surface area contributed by atoms with E-state index in [1.54, 1.807) is 6.07 Å². The van der Waals surface area contributed by atoms with Gasteiger partial charge < -0.3 is 4.52 Å². The third kappa shape index (κ3) is 2.31. The number of rotatable bonds is 4. The van der Waals surface area contributed by atoms with Gasteiger partial charge in [-0.05, 0) is 31.9 Å². The van der Waals surface area contributed by atoms with E-state index in [4.69, 9.17) is 16.1 Å². The normalized spacial score (nSPS) is 17.1. The minimum Gasteiger partial charge on any atom is -0.338 e. The molecule has 106 valence electrons. The van der Waals surface area contributed by atoms with Crippen LogP contribution in [-0.4, -0.2) is 23.5 Å². The number of nitrogens with zero attached hydrogens (tertiary/aromatic N) is 3. The molecule has 0 amide bonds. The maximum atomic E-state index is 12.5. The Morgan fingerprint density at radius 1 is 1.45 bits per heavy atom. The van der Waals surface area contributed by atoms with E-state index in [-0.39, 0.29) is 15.9 Å². The third-order valence-corrected chi connectivity index (χ3v) is 5.62. The van der Waals surface area contributed by atoms with Crippen LogP contribution in [0.2, 0.25) is 5.02 Å². The number of hydrogen-bond acceptors (Lipinski definition) is 6. The predicted octanol–water partition coefficient (Wildman–Crippen LogP) is 2.53. The molecule has 20 heavy (non-hydrogen) atoms. The number of halogens is 1. The summed E-state index contributed by atoms with van der Waals surface area (Å²) in [7, 11) is -3.75. The lowest BCUT2D eigenvalue weighted by Crippen LogP contribution is -2.13. The summed E-state index contributed by atoms with van der Waals surface area (Å²) in [4.78, 5) is 8.01. The lowest BCUT2D eigenvalue weighted by Gasteiger charge is -2.09. The van der Waals surface area contributed by atoms with Gasteiger partial charge in [-0.3, -0.25) is 0 Å². The molecule has 1 fully saturated rings. The van der Waals surface area contributed by atoms with Crippen molar-refractivity contribution in [1.82, 2.24) is 15.1 Å². The summed E-state index contributed by atoms with van der Waals surface area (Å²) < 4.78 is 30.0. The Bertz CT molecular complexity index is 740. The van der Waals surface area contributed by atoms with Gasteiger partial charge in [0, 0.05) is 12.1 Å². The Labute approximate surface area is 121 Å². The molecule has 1 saturated carbocycles. The lowest BCUT2D eigenvalue weighted by atomic mass is 10.4. The second kappa shape index (κ2) is 4.82. The Hall–Kier alpha value is -1.47. The first-order valence-electron chi connectivity index (χ1n) is 6.18. The van der Waals surface area contributed by atoms with Crippen molar-refractivity contribution < 1.29 is 12.9 Å². The maximum Gasteiger partial charge on any atom is 0.245 e. The van der Waals surface area contributed by atoms with Crippen molar-refractivity contribution in [3.63, 3.8) is 0 Å². The second-order valence-corrected chi connectivity index (χ2v) is 7.33. The molecule has 1 aliphatic rings. The first-order valence-corrected chi connectivity index (χ1v) is 8.10. The van der Waals surface area contributed by atoms with E-state index < -0.39 is 15.1 Å². The molecule has 0 saturated heterocycles. The highest BCUT2D eigenvalue weighted by atomic mass is 35.5. The van der Waals surface area contributed by atoms with Gasteiger partial charge in [0.25, 0.3) is 0 Å². The largest absolute Gasteiger partial charge is 0.338 e. The highest BCUT2D eigenvalue weighted by Gasteiger charge is 2.35. The van der Waals surface area contributed by atoms with Crippen molar-refractivity contribution in [2.24, 2.45) is 0 Å². The molecule has 2 heterocycles. The molecule has 1 unspecified atom stereocenters. The summed E-state index contributed by atoms with van der Waals surface area (Å²) in [5, 5.41) is 2.77. The number of hydrogen-bond donors (Lipinski definition) is 0. The van der Waals surface area contributed by atoms with Crippen molar-refractivity contribution in [3.8, 4) is 0 Å². The fourth-order valence-electron chi connectivity index (χ4n) is 1.80. The van der Waals surface area contributed by atoms with Crippen molar-refractivity contribution in [1.29, 1.82) is 0 Å². The van der Waals surface area contributed by atoms with Gasteiger partial charge in [-0.15, -0.1) is 0 Å². The minimum atomic E-state index is -3.75. The molecule has 0 radical (unpaired) electrons. The monoisotopic (exact) mass is 313 g/mol. The number of sulfone groups is 1. The molecular weight excluding hydrogens is 302 g/mol. The van der Waals surface area contributed by atoms with E-state index in [2.05, 4.69) is 15.1 Å². The zero-order chi connectivity index (χ0) is 14.3. The van der Waals surface area contributed by atoms with Gasteiger partial charge >= 0.3 is 0 Å². The topological polar surface area (TPSA) is 86.0 Å². The van der Waals surface area contributed by atoms with Crippen LogP contribution in [0, 0.1) is 0 Å². The van der Waals surface area contributed by atoms with Gasteiger partial charge in [0.1, 0.15) is 5.25 Å². The number of pyridine rings is 1. The van der Waals surface area contributed by atoms with Crippen molar-refractivity contribution in [3.05, 3.63) is 35.1 Å². The van der Waals surface area contributed by atoms with Crippen molar-refractivity contribution in [2.75, 3.05) is 0 Å². The summed E-state index contributed by atoms with van der Waals surface area (Å²) >= 11 is 5.90. The van der Waals surface area contributed by atoms with Crippen LogP contribution in [0.15, 0.2) is 27.9 Å². The van der Waals surface area contributed by atoms with Crippen LogP contribution >= 0.6 is 11.6 Å². The third-order valence-electron chi connectivity index (χ3n) is 3.21. The fourth-order valence-corrected chi connectivity index (χ4v) is 3.49. The van der Waals surface area contributed by atoms with Gasteiger partial charge in [-0.2, -0.15) is 4.98 Å². The van der Waals surface area contributed by atoms with Gasteiger partial charge in [-0.1, -0.05) is 16.8 Å². The summed E-state index contributed by atoms with van der Waals surface area (Å²) in [6.07, 6.45) is 3.42. The Morgan fingerprint density at radius 2 is 2.20 bits per heavy atom. The molecule has 8 heteroatoms. The summed E-state index contributed by atoms with van der Waals surface area (Å²) in [5.74, 6) is 0.962. The molecule has 0 N–H and O–H groups in total. The molecular formula is C12H12ClN3O3S. The maximum absolute atomic E-state index is 12.5. The molecule has 2 aromatic rings. The molecule has 0 spiro atoms. The molecule has 0 aliphatic heterocycles. The van der Waals surface area contributed by atoms with E-state index in [9.17, 15) is 8.42 Å². The van der Waals surface area contributed by atoms with Crippen LogP contribution < -0.4 is 0 Å². The quantitative estimate of drug-likeness (QED) is 0.862. The van der Waals surface area contributed by atoms with E-state index in [0.29, 0.717) is 11.7 Å². The fraction of sp³-hybridized carbons (Fsp3) is 0.417. The van der Waals surface area contributed by atoms with Gasteiger partial charge in [-0.25, -0.2) is 13.4 Å². The Balaban J connectivity index is 1.95. The van der Waals surface area contributed by atoms with Crippen molar-refractivity contribution >= 4 is 21.4 Å². The van der Waals surface area contributed by atoms with Gasteiger partial charge in [0.05, 0.1) is 5.02 Å². The van der Waals surface area contributed by atoms with Gasteiger partial charge in [0.2, 0.25) is 15.7 Å².